The number of benzene rings is 2. The number of amides is 1. The van der Waals surface area contributed by atoms with Crippen LogP contribution in [-0.4, -0.2) is 29.9 Å². The van der Waals surface area contributed by atoms with Crippen LogP contribution in [0, 0.1) is 0 Å². The van der Waals surface area contributed by atoms with Crippen LogP contribution in [0.3, 0.4) is 0 Å². The van der Waals surface area contributed by atoms with Gasteiger partial charge in [0, 0.05) is 35.4 Å². The molecule has 146 valence electrons. The molecule has 0 spiro atoms. The van der Waals surface area contributed by atoms with E-state index in [4.69, 9.17) is 0 Å². The molecule has 0 saturated carbocycles. The molecule has 8 heteroatoms. The zero-order valence-electron chi connectivity index (χ0n) is 15.7. The average molecular weight is 398 g/mol. The van der Waals surface area contributed by atoms with Crippen LogP contribution < -0.4 is 10.0 Å². The topological polar surface area (TPSA) is 93.1 Å². The van der Waals surface area contributed by atoms with Gasteiger partial charge in [-0.25, -0.2) is 18.1 Å². The summed E-state index contributed by atoms with van der Waals surface area (Å²) in [6.07, 6.45) is 5.91. The molecular weight excluding hydrogens is 376 g/mol. The molecule has 0 radical (unpaired) electrons. The van der Waals surface area contributed by atoms with Crippen molar-refractivity contribution in [3.63, 3.8) is 0 Å². The maximum atomic E-state index is 12.4. The van der Waals surface area contributed by atoms with E-state index in [-0.39, 0.29) is 16.8 Å². The molecule has 0 aliphatic carbocycles. The van der Waals surface area contributed by atoms with E-state index in [9.17, 15) is 13.2 Å². The Balaban J connectivity index is 1.68. The number of carbonyl (C=O) groups excluding carboxylic acids is 1. The Morgan fingerprint density at radius 2 is 1.79 bits per heavy atom. The third-order valence-electron chi connectivity index (χ3n) is 4.32. The number of hydrogen-bond acceptors (Lipinski definition) is 4. The lowest BCUT2D eigenvalue weighted by molar-refractivity contribution is 0.102. The first kappa shape index (κ1) is 19.8. The minimum atomic E-state index is -3.59. The van der Waals surface area contributed by atoms with E-state index in [1.165, 1.54) is 24.3 Å². The molecule has 0 aliphatic rings. The van der Waals surface area contributed by atoms with E-state index in [1.54, 1.807) is 31.6 Å². The number of carbonyl (C=O) groups is 1. The number of imidazole rings is 1. The lowest BCUT2D eigenvalue weighted by Gasteiger charge is -2.12. The Bertz CT molecular complexity index is 1030. The van der Waals surface area contributed by atoms with E-state index in [0.717, 1.165) is 5.69 Å². The van der Waals surface area contributed by atoms with E-state index in [2.05, 4.69) is 15.0 Å². The summed E-state index contributed by atoms with van der Waals surface area (Å²) in [5.41, 5.74) is 1.95. The van der Waals surface area contributed by atoms with Crippen LogP contribution >= 0.6 is 0 Å². The van der Waals surface area contributed by atoms with Crippen LogP contribution in [0.2, 0.25) is 0 Å². The maximum absolute atomic E-state index is 12.4. The minimum Gasteiger partial charge on any atom is -0.322 e. The second-order valence-corrected chi connectivity index (χ2v) is 8.14. The fourth-order valence-electron chi connectivity index (χ4n) is 2.53. The summed E-state index contributed by atoms with van der Waals surface area (Å²) >= 11 is 0. The summed E-state index contributed by atoms with van der Waals surface area (Å²) in [6, 6.07) is 13.0. The van der Waals surface area contributed by atoms with Crippen LogP contribution in [0.15, 0.2) is 72.1 Å². The first-order valence-electron chi connectivity index (χ1n) is 8.91. The van der Waals surface area contributed by atoms with Crippen LogP contribution in [0.5, 0.6) is 0 Å². The van der Waals surface area contributed by atoms with Crippen LogP contribution in [0.25, 0.3) is 5.69 Å². The molecule has 1 atom stereocenters. The number of rotatable bonds is 7. The molecule has 1 aromatic heterocycles. The van der Waals surface area contributed by atoms with Gasteiger partial charge < -0.3 is 9.88 Å². The molecule has 0 bridgehead atoms. The summed E-state index contributed by atoms with van der Waals surface area (Å²) in [7, 11) is -3.59. The van der Waals surface area contributed by atoms with Gasteiger partial charge >= 0.3 is 0 Å². The van der Waals surface area contributed by atoms with Crippen LogP contribution in [0.4, 0.5) is 5.69 Å². The summed E-state index contributed by atoms with van der Waals surface area (Å²) < 4.78 is 29.0. The van der Waals surface area contributed by atoms with Crippen molar-refractivity contribution in [2.24, 2.45) is 0 Å². The van der Waals surface area contributed by atoms with Gasteiger partial charge in [-0.2, -0.15) is 0 Å². The number of nitrogens with one attached hydrogen (secondary N) is 2. The van der Waals surface area contributed by atoms with E-state index in [0.29, 0.717) is 17.7 Å². The lowest BCUT2D eigenvalue weighted by atomic mass is 10.2. The summed E-state index contributed by atoms with van der Waals surface area (Å²) in [6.45, 7) is 3.71. The molecule has 0 saturated heterocycles. The second kappa shape index (κ2) is 8.37. The Hall–Kier alpha value is -2.97. The lowest BCUT2D eigenvalue weighted by Crippen LogP contribution is -2.32. The largest absolute Gasteiger partial charge is 0.322 e. The monoisotopic (exact) mass is 398 g/mol. The first-order valence-corrected chi connectivity index (χ1v) is 10.4. The second-order valence-electron chi connectivity index (χ2n) is 6.43. The normalized spacial score (nSPS) is 12.5. The van der Waals surface area contributed by atoms with Crippen LogP contribution in [-0.2, 0) is 10.0 Å². The average Bonchev–Trinajstić information content (AvgIpc) is 3.23. The molecule has 1 amide bonds. The zero-order chi connectivity index (χ0) is 20.1. The number of nitrogens with zero attached hydrogens (tertiary/aromatic N) is 2. The van der Waals surface area contributed by atoms with Crippen molar-refractivity contribution in [2.45, 2.75) is 31.2 Å². The number of sulfonamides is 1. The van der Waals surface area contributed by atoms with Crippen molar-refractivity contribution in [3.8, 4) is 5.69 Å². The number of anilines is 1. The predicted octanol–water partition coefficient (Wildman–Crippen LogP) is 3.20. The van der Waals surface area contributed by atoms with Gasteiger partial charge in [-0.15, -0.1) is 0 Å². The molecule has 3 rings (SSSR count). The molecule has 7 nitrogen and oxygen atoms in total. The Kier molecular flexibility index (Phi) is 5.91. The van der Waals surface area contributed by atoms with Gasteiger partial charge in [-0.05, 0) is 61.9 Å². The first-order chi connectivity index (χ1) is 13.4. The SMILES string of the molecule is CCC(C)NS(=O)(=O)c1ccc(C(=O)Nc2ccc(-n3ccnc3)cc2)cc1. The number of aromatic nitrogens is 2. The van der Waals surface area contributed by atoms with E-state index in [1.807, 2.05) is 29.8 Å². The molecule has 2 N–H and O–H groups in total. The van der Waals surface area contributed by atoms with Gasteiger partial charge in [0.2, 0.25) is 10.0 Å². The van der Waals surface area contributed by atoms with Gasteiger partial charge in [0.25, 0.3) is 5.91 Å². The third-order valence-corrected chi connectivity index (χ3v) is 5.93. The van der Waals surface area contributed by atoms with Crippen molar-refractivity contribution < 1.29 is 13.2 Å². The van der Waals surface area contributed by atoms with Gasteiger partial charge in [0.1, 0.15) is 0 Å². The maximum Gasteiger partial charge on any atom is 0.255 e. The smallest absolute Gasteiger partial charge is 0.255 e. The molecule has 0 aliphatic heterocycles. The molecule has 2 aromatic carbocycles. The van der Waals surface area contributed by atoms with Crippen molar-refractivity contribution >= 4 is 21.6 Å². The van der Waals surface area contributed by atoms with E-state index >= 15 is 0 Å². The highest BCUT2D eigenvalue weighted by atomic mass is 32.2. The minimum absolute atomic E-state index is 0.133. The van der Waals surface area contributed by atoms with E-state index < -0.39 is 10.0 Å². The Labute approximate surface area is 164 Å². The van der Waals surface area contributed by atoms with Crippen molar-refractivity contribution in [2.75, 3.05) is 5.32 Å². The quantitative estimate of drug-likeness (QED) is 0.639. The molecule has 0 fully saturated rings. The van der Waals surface area contributed by atoms with Crippen molar-refractivity contribution in [1.29, 1.82) is 0 Å². The highest BCUT2D eigenvalue weighted by molar-refractivity contribution is 7.89. The third kappa shape index (κ3) is 4.65. The standard InChI is InChI=1S/C20H22N4O3S/c1-3-15(2)23-28(26,27)19-10-4-16(5-11-19)20(25)22-17-6-8-18(9-7-17)24-13-12-21-14-24/h4-15,23H,3H2,1-2H3,(H,22,25). The fourth-order valence-corrected chi connectivity index (χ4v) is 3.86. The molecule has 1 heterocycles. The summed E-state index contributed by atoms with van der Waals surface area (Å²) in [5.74, 6) is -0.311. The predicted molar refractivity (Wildman–Crippen MR) is 108 cm³/mol. The number of hydrogen-bond donors (Lipinski definition) is 2. The van der Waals surface area contributed by atoms with Crippen molar-refractivity contribution in [3.05, 3.63) is 72.8 Å². The summed E-state index contributed by atoms with van der Waals surface area (Å²) in [4.78, 5) is 16.6. The fraction of sp³-hybridized carbons (Fsp3) is 0.200. The highest BCUT2D eigenvalue weighted by Crippen LogP contribution is 2.16. The van der Waals surface area contributed by atoms with Gasteiger partial charge in [0.15, 0.2) is 0 Å². The van der Waals surface area contributed by atoms with Gasteiger partial charge in [-0.3, -0.25) is 4.79 Å². The van der Waals surface area contributed by atoms with Gasteiger partial charge in [-0.1, -0.05) is 6.92 Å². The van der Waals surface area contributed by atoms with Crippen molar-refractivity contribution in [1.82, 2.24) is 14.3 Å². The summed E-state index contributed by atoms with van der Waals surface area (Å²) in [5, 5.41) is 2.80. The molecule has 1 unspecified atom stereocenters. The Morgan fingerprint density at radius 1 is 1.11 bits per heavy atom. The van der Waals surface area contributed by atoms with Gasteiger partial charge in [0.05, 0.1) is 11.2 Å². The molecule has 28 heavy (non-hydrogen) atoms. The molecular formula is C20H22N4O3S. The van der Waals surface area contributed by atoms with Crippen LogP contribution in [0.1, 0.15) is 30.6 Å². The Morgan fingerprint density at radius 3 is 2.36 bits per heavy atom. The molecule has 3 aromatic rings. The zero-order valence-corrected chi connectivity index (χ0v) is 16.5. The highest BCUT2D eigenvalue weighted by Gasteiger charge is 2.17.